The third kappa shape index (κ3) is 4.42. The molecule has 0 aliphatic carbocycles. The number of hydrogen-bond acceptors (Lipinski definition) is 2. The van der Waals surface area contributed by atoms with Gasteiger partial charge < -0.3 is 15.2 Å². The Morgan fingerprint density at radius 2 is 1.88 bits per heavy atom. The first-order valence-electron chi connectivity index (χ1n) is 9.90. The number of benzene rings is 2. The van der Waals surface area contributed by atoms with Crippen molar-refractivity contribution in [3.05, 3.63) is 80.6 Å². The number of nitrogens with one attached hydrogen (secondary N) is 2. The second-order valence-electron chi connectivity index (χ2n) is 7.66. The summed E-state index contributed by atoms with van der Waals surface area (Å²) >= 11 is 17.8. The minimum absolute atomic E-state index is 0.140. The molecule has 4 rings (SSSR count). The number of alkyl halides is 1. The summed E-state index contributed by atoms with van der Waals surface area (Å²) in [6.45, 7) is 4.28. The number of anilines is 2. The fourth-order valence-electron chi connectivity index (χ4n) is 3.79. The highest BCUT2D eigenvalue weighted by atomic mass is 35.5. The molecule has 0 fully saturated rings. The number of halogens is 3. The third-order valence-corrected chi connectivity index (χ3v) is 6.24. The topological polar surface area (TPSA) is 65.2 Å². The van der Waals surface area contributed by atoms with E-state index in [2.05, 4.69) is 10.3 Å². The van der Waals surface area contributed by atoms with Gasteiger partial charge in [-0.05, 0) is 67.4 Å². The largest absolute Gasteiger partial charge is 0.359 e. The van der Waals surface area contributed by atoms with Crippen molar-refractivity contribution in [2.24, 2.45) is 0 Å². The van der Waals surface area contributed by atoms with Gasteiger partial charge in [0.25, 0.3) is 5.91 Å². The van der Waals surface area contributed by atoms with Crippen molar-refractivity contribution < 1.29 is 9.59 Å². The van der Waals surface area contributed by atoms with Gasteiger partial charge >= 0.3 is 0 Å². The van der Waals surface area contributed by atoms with Crippen LogP contribution >= 0.6 is 34.8 Å². The average molecular weight is 489 g/mol. The summed E-state index contributed by atoms with van der Waals surface area (Å²) in [5, 5.41) is 3.64. The molecular weight excluding hydrogens is 469 g/mol. The third-order valence-electron chi connectivity index (χ3n) is 5.26. The van der Waals surface area contributed by atoms with E-state index >= 15 is 0 Å². The number of carbonyl (C=O) groups is 2. The van der Waals surface area contributed by atoms with Crippen LogP contribution in [0.25, 0.3) is 11.6 Å². The van der Waals surface area contributed by atoms with E-state index < -0.39 is 0 Å². The first kappa shape index (κ1) is 22.5. The van der Waals surface area contributed by atoms with E-state index in [1.807, 2.05) is 38.1 Å². The molecule has 0 saturated heterocycles. The van der Waals surface area contributed by atoms with Crippen LogP contribution in [0.2, 0.25) is 10.0 Å². The fourth-order valence-corrected chi connectivity index (χ4v) is 4.18. The summed E-state index contributed by atoms with van der Waals surface area (Å²) < 4.78 is 0. The van der Waals surface area contributed by atoms with Gasteiger partial charge in [0.05, 0.1) is 27.9 Å². The minimum Gasteiger partial charge on any atom is -0.359 e. The van der Waals surface area contributed by atoms with Crippen LogP contribution in [0, 0.1) is 13.8 Å². The van der Waals surface area contributed by atoms with E-state index in [-0.39, 0.29) is 17.7 Å². The van der Waals surface area contributed by atoms with Crippen LogP contribution in [0.5, 0.6) is 0 Å². The van der Waals surface area contributed by atoms with Crippen molar-refractivity contribution >= 4 is 69.6 Å². The molecule has 2 aromatic carbocycles. The van der Waals surface area contributed by atoms with Crippen LogP contribution in [0.15, 0.2) is 42.5 Å². The zero-order chi connectivity index (χ0) is 23.0. The van der Waals surface area contributed by atoms with Crippen molar-refractivity contribution in [1.82, 2.24) is 4.98 Å². The molecule has 32 heavy (non-hydrogen) atoms. The molecule has 0 bridgehead atoms. The predicted molar refractivity (Wildman–Crippen MR) is 132 cm³/mol. The van der Waals surface area contributed by atoms with Gasteiger partial charge in [0, 0.05) is 22.6 Å². The van der Waals surface area contributed by atoms with Crippen LogP contribution in [0.4, 0.5) is 11.4 Å². The Bertz CT molecular complexity index is 1260. The average Bonchev–Trinajstić information content (AvgIpc) is 3.21. The highest BCUT2D eigenvalue weighted by Gasteiger charge is 2.33. The van der Waals surface area contributed by atoms with Gasteiger partial charge in [-0.15, -0.1) is 11.6 Å². The monoisotopic (exact) mass is 487 g/mol. The number of aromatic amines is 1. The van der Waals surface area contributed by atoms with E-state index in [1.165, 1.54) is 0 Å². The van der Waals surface area contributed by atoms with Gasteiger partial charge in [-0.3, -0.25) is 9.59 Å². The number of fused-ring (bicyclic) bond motifs is 1. The number of nitrogens with zero attached hydrogens (tertiary/aromatic N) is 1. The van der Waals surface area contributed by atoms with Crippen LogP contribution in [-0.4, -0.2) is 22.7 Å². The fraction of sp³-hybridized carbons (Fsp3) is 0.167. The molecule has 2 amide bonds. The number of aryl methyl sites for hydroxylation is 2. The quantitative estimate of drug-likeness (QED) is 0.331. The Labute approximate surface area is 201 Å². The lowest BCUT2D eigenvalue weighted by Gasteiger charge is -2.18. The number of aromatic nitrogens is 1. The summed E-state index contributed by atoms with van der Waals surface area (Å²) in [7, 11) is 0. The van der Waals surface area contributed by atoms with Crippen LogP contribution in [-0.2, 0) is 16.1 Å². The molecule has 1 aromatic heterocycles. The molecule has 1 aliphatic heterocycles. The maximum atomic E-state index is 13.5. The smallest absolute Gasteiger partial charge is 0.259 e. The van der Waals surface area contributed by atoms with Crippen LogP contribution < -0.4 is 10.2 Å². The molecule has 0 saturated carbocycles. The van der Waals surface area contributed by atoms with Gasteiger partial charge in [-0.1, -0.05) is 29.3 Å². The van der Waals surface area contributed by atoms with Crippen molar-refractivity contribution in [1.29, 1.82) is 0 Å². The second kappa shape index (κ2) is 9.02. The molecule has 0 unspecified atom stereocenters. The van der Waals surface area contributed by atoms with Gasteiger partial charge in [-0.2, -0.15) is 0 Å². The Morgan fingerprint density at radius 1 is 1.09 bits per heavy atom. The van der Waals surface area contributed by atoms with Crippen molar-refractivity contribution in [2.75, 3.05) is 16.1 Å². The number of H-pyrrole nitrogens is 1. The standard InChI is InChI=1S/C24H20Cl3N3O2/c1-13-7-14(2)28-21(13)10-18-17-9-16(29-23(31)11-25)4-6-22(17)30(24(18)32)12-15-3-5-19(26)20(27)8-15/h3-10,28H,11-12H2,1-2H3,(H,29,31)/b18-10-. The predicted octanol–water partition coefficient (Wildman–Crippen LogP) is 6.20. The molecule has 0 atom stereocenters. The number of rotatable bonds is 5. The van der Waals surface area contributed by atoms with Gasteiger partial charge in [0.1, 0.15) is 5.88 Å². The molecule has 0 spiro atoms. The van der Waals surface area contributed by atoms with Crippen molar-refractivity contribution in [3.8, 4) is 0 Å². The molecule has 8 heteroatoms. The number of amides is 2. The van der Waals surface area contributed by atoms with Gasteiger partial charge in [-0.25, -0.2) is 0 Å². The summed E-state index contributed by atoms with van der Waals surface area (Å²) in [5.41, 5.74) is 6.35. The maximum Gasteiger partial charge on any atom is 0.259 e. The summed E-state index contributed by atoms with van der Waals surface area (Å²) in [6.07, 6.45) is 1.85. The van der Waals surface area contributed by atoms with E-state index in [0.29, 0.717) is 27.9 Å². The van der Waals surface area contributed by atoms with Crippen LogP contribution in [0.1, 0.15) is 28.1 Å². The zero-order valence-electron chi connectivity index (χ0n) is 17.4. The summed E-state index contributed by atoms with van der Waals surface area (Å²) in [5.74, 6) is -0.605. The lowest BCUT2D eigenvalue weighted by atomic mass is 10.0. The molecule has 1 aliphatic rings. The molecule has 0 radical (unpaired) electrons. The number of hydrogen-bond donors (Lipinski definition) is 2. The highest BCUT2D eigenvalue weighted by Crippen LogP contribution is 2.40. The highest BCUT2D eigenvalue weighted by molar-refractivity contribution is 6.42. The minimum atomic E-state index is -0.315. The summed E-state index contributed by atoms with van der Waals surface area (Å²) in [4.78, 5) is 30.3. The molecule has 3 aromatic rings. The first-order valence-corrected chi connectivity index (χ1v) is 11.2. The molecule has 2 N–H and O–H groups in total. The Morgan fingerprint density at radius 3 is 2.53 bits per heavy atom. The van der Waals surface area contributed by atoms with Gasteiger partial charge in [0.15, 0.2) is 0 Å². The molecule has 2 heterocycles. The normalized spacial score (nSPS) is 14.2. The van der Waals surface area contributed by atoms with Gasteiger partial charge in [0.2, 0.25) is 5.91 Å². The van der Waals surface area contributed by atoms with Crippen molar-refractivity contribution in [2.45, 2.75) is 20.4 Å². The molecule has 5 nitrogen and oxygen atoms in total. The van der Waals surface area contributed by atoms with E-state index in [1.54, 1.807) is 29.2 Å². The Hall–Kier alpha value is -2.73. The lowest BCUT2D eigenvalue weighted by Crippen LogP contribution is -2.25. The van der Waals surface area contributed by atoms with E-state index in [9.17, 15) is 9.59 Å². The second-order valence-corrected chi connectivity index (χ2v) is 8.74. The van der Waals surface area contributed by atoms with Crippen molar-refractivity contribution in [3.63, 3.8) is 0 Å². The Kier molecular flexibility index (Phi) is 6.33. The Balaban J connectivity index is 1.78. The molecule has 164 valence electrons. The molecular formula is C24H20Cl3N3O2. The van der Waals surface area contributed by atoms with E-state index in [4.69, 9.17) is 34.8 Å². The summed E-state index contributed by atoms with van der Waals surface area (Å²) in [6, 6.07) is 12.7. The lowest BCUT2D eigenvalue weighted by molar-refractivity contribution is -0.114. The first-order chi connectivity index (χ1) is 15.3. The van der Waals surface area contributed by atoms with E-state index in [0.717, 1.165) is 33.8 Å². The zero-order valence-corrected chi connectivity index (χ0v) is 19.7. The van der Waals surface area contributed by atoms with Crippen LogP contribution in [0.3, 0.4) is 0 Å². The SMILES string of the molecule is Cc1cc(C)c(/C=C2\C(=O)N(Cc3ccc(Cl)c(Cl)c3)c3ccc(NC(=O)CCl)cc32)[nH]1. The maximum absolute atomic E-state index is 13.5. The number of carbonyl (C=O) groups excluding carboxylic acids is 2.